The number of hydroxylamine groups is 1. The summed E-state index contributed by atoms with van der Waals surface area (Å²) in [6.07, 6.45) is 1.65. The first-order valence-electron chi connectivity index (χ1n) is 8.05. The van der Waals surface area contributed by atoms with E-state index < -0.39 is 33.1 Å². The van der Waals surface area contributed by atoms with E-state index in [1.165, 1.54) is 23.7 Å². The van der Waals surface area contributed by atoms with Crippen molar-refractivity contribution >= 4 is 21.7 Å². The molecule has 1 fully saturated rings. The van der Waals surface area contributed by atoms with E-state index in [0.29, 0.717) is 12.0 Å². The van der Waals surface area contributed by atoms with Crippen molar-refractivity contribution in [2.75, 3.05) is 18.1 Å². The van der Waals surface area contributed by atoms with Crippen molar-refractivity contribution in [1.82, 2.24) is 10.8 Å². The minimum Gasteiger partial charge on any atom is -0.395 e. The monoisotopic (exact) mass is 392 g/mol. The van der Waals surface area contributed by atoms with E-state index in [0.717, 1.165) is 0 Å². The highest BCUT2D eigenvalue weighted by Crippen LogP contribution is 2.37. The van der Waals surface area contributed by atoms with Crippen molar-refractivity contribution in [3.05, 3.63) is 48.0 Å². The molecule has 27 heavy (non-hydrogen) atoms. The molecule has 1 unspecified atom stereocenters. The summed E-state index contributed by atoms with van der Waals surface area (Å²) in [4.78, 5) is 24.5. The highest BCUT2D eigenvalue weighted by atomic mass is 32.2. The van der Waals surface area contributed by atoms with Gasteiger partial charge in [0, 0.05) is 23.0 Å². The summed E-state index contributed by atoms with van der Waals surface area (Å²) in [6.45, 7) is 3.54. The molecule has 1 aliphatic rings. The standard InChI is InChI=1S/C18H20N2O6S/c1-2-18(11-27(25,26)12-18)15(17(23)20-24)19-16(22)14-8-6-13(7-9-14)5-3-4-10-21/h2,6-9,15,21,24H,1,4,10-12H2,(H,19,22)(H,20,23). The van der Waals surface area contributed by atoms with Crippen LogP contribution in [0, 0.1) is 17.3 Å². The number of hydrogen-bond donors (Lipinski definition) is 4. The third kappa shape index (κ3) is 4.74. The van der Waals surface area contributed by atoms with Crippen molar-refractivity contribution in [2.24, 2.45) is 5.41 Å². The SMILES string of the molecule is C=CC1(C(NC(=O)c2ccc(C#CCCO)cc2)C(=O)NO)CS(=O)(=O)C1. The highest BCUT2D eigenvalue weighted by Gasteiger charge is 2.54. The van der Waals surface area contributed by atoms with Gasteiger partial charge in [0.25, 0.3) is 11.8 Å². The number of sulfone groups is 1. The molecular weight excluding hydrogens is 372 g/mol. The van der Waals surface area contributed by atoms with E-state index in [1.54, 1.807) is 12.1 Å². The van der Waals surface area contributed by atoms with Crippen LogP contribution in [-0.4, -0.2) is 54.7 Å². The van der Waals surface area contributed by atoms with Crippen LogP contribution < -0.4 is 10.8 Å². The Morgan fingerprint density at radius 3 is 2.41 bits per heavy atom. The molecule has 0 radical (unpaired) electrons. The van der Waals surface area contributed by atoms with Gasteiger partial charge in [-0.15, -0.1) is 6.58 Å². The molecule has 1 saturated heterocycles. The van der Waals surface area contributed by atoms with Crippen molar-refractivity contribution in [3.63, 3.8) is 0 Å². The molecule has 2 rings (SSSR count). The lowest BCUT2D eigenvalue weighted by molar-refractivity contribution is -0.133. The molecule has 0 saturated carbocycles. The van der Waals surface area contributed by atoms with Gasteiger partial charge < -0.3 is 10.4 Å². The average molecular weight is 392 g/mol. The quantitative estimate of drug-likeness (QED) is 0.226. The molecule has 4 N–H and O–H groups in total. The van der Waals surface area contributed by atoms with Gasteiger partial charge in [0.1, 0.15) is 6.04 Å². The molecule has 0 aromatic heterocycles. The summed E-state index contributed by atoms with van der Waals surface area (Å²) < 4.78 is 23.2. The number of amides is 2. The smallest absolute Gasteiger partial charge is 0.266 e. The Balaban J connectivity index is 2.18. The fraction of sp³-hybridized carbons (Fsp3) is 0.333. The van der Waals surface area contributed by atoms with Crippen LogP contribution in [-0.2, 0) is 14.6 Å². The molecule has 1 aromatic rings. The minimum atomic E-state index is -3.32. The number of rotatable bonds is 6. The lowest BCUT2D eigenvalue weighted by Crippen LogP contribution is -2.64. The van der Waals surface area contributed by atoms with Gasteiger partial charge in [-0.1, -0.05) is 17.9 Å². The van der Waals surface area contributed by atoms with Gasteiger partial charge in [-0.25, -0.2) is 13.9 Å². The van der Waals surface area contributed by atoms with E-state index >= 15 is 0 Å². The van der Waals surface area contributed by atoms with Gasteiger partial charge in [-0.2, -0.15) is 0 Å². The van der Waals surface area contributed by atoms with Crippen LogP contribution in [0.4, 0.5) is 0 Å². The Morgan fingerprint density at radius 1 is 1.30 bits per heavy atom. The van der Waals surface area contributed by atoms with Gasteiger partial charge in [-0.05, 0) is 24.3 Å². The van der Waals surface area contributed by atoms with Crippen molar-refractivity contribution in [2.45, 2.75) is 12.5 Å². The molecule has 0 bridgehead atoms. The molecule has 1 heterocycles. The first kappa shape index (κ1) is 20.6. The molecule has 1 atom stereocenters. The number of benzene rings is 1. The predicted molar refractivity (Wildman–Crippen MR) is 97.5 cm³/mol. The zero-order chi connectivity index (χ0) is 20.1. The summed E-state index contributed by atoms with van der Waals surface area (Å²) in [5.74, 6) is 3.35. The maximum atomic E-state index is 12.5. The third-order valence-electron chi connectivity index (χ3n) is 4.22. The van der Waals surface area contributed by atoms with Gasteiger partial charge in [0.05, 0.1) is 18.1 Å². The van der Waals surface area contributed by atoms with Gasteiger partial charge >= 0.3 is 0 Å². The first-order chi connectivity index (χ1) is 12.8. The maximum Gasteiger partial charge on any atom is 0.266 e. The molecule has 2 amide bonds. The number of nitrogens with one attached hydrogen (secondary N) is 2. The fourth-order valence-electron chi connectivity index (χ4n) is 2.85. The van der Waals surface area contributed by atoms with E-state index in [4.69, 9.17) is 10.3 Å². The number of carbonyl (C=O) groups excluding carboxylic acids is 2. The molecule has 0 aliphatic carbocycles. The second kappa shape index (κ2) is 8.35. The van der Waals surface area contributed by atoms with Crippen LogP contribution in [0.5, 0.6) is 0 Å². The van der Waals surface area contributed by atoms with Gasteiger partial charge in [0.15, 0.2) is 9.84 Å². The second-order valence-corrected chi connectivity index (χ2v) is 8.27. The average Bonchev–Trinajstić information content (AvgIpc) is 2.63. The van der Waals surface area contributed by atoms with Crippen LogP contribution in [0.2, 0.25) is 0 Å². The third-order valence-corrected chi connectivity index (χ3v) is 6.18. The number of carbonyl (C=O) groups is 2. The highest BCUT2D eigenvalue weighted by molar-refractivity contribution is 7.92. The summed E-state index contributed by atoms with van der Waals surface area (Å²) in [5.41, 5.74) is 1.16. The zero-order valence-electron chi connectivity index (χ0n) is 14.4. The number of aliphatic hydroxyl groups excluding tert-OH is 1. The molecule has 1 aromatic carbocycles. The Bertz CT molecular complexity index is 884. The van der Waals surface area contributed by atoms with Gasteiger partial charge in [-0.3, -0.25) is 14.8 Å². The Labute approximate surface area is 157 Å². The summed E-state index contributed by atoms with van der Waals surface area (Å²) in [7, 11) is -3.32. The van der Waals surface area contributed by atoms with Crippen LogP contribution in [0.15, 0.2) is 36.9 Å². The van der Waals surface area contributed by atoms with Crippen LogP contribution >= 0.6 is 0 Å². The summed E-state index contributed by atoms with van der Waals surface area (Å²) in [5, 5.41) is 20.1. The topological polar surface area (TPSA) is 133 Å². The van der Waals surface area contributed by atoms with Crippen molar-refractivity contribution in [3.8, 4) is 11.8 Å². The fourth-order valence-corrected chi connectivity index (χ4v) is 4.98. The minimum absolute atomic E-state index is 0.0391. The van der Waals surface area contributed by atoms with Crippen LogP contribution in [0.3, 0.4) is 0 Å². The Hall–Kier alpha value is -2.67. The zero-order valence-corrected chi connectivity index (χ0v) is 15.3. The number of hydrogen-bond acceptors (Lipinski definition) is 6. The summed E-state index contributed by atoms with van der Waals surface area (Å²) >= 11 is 0. The largest absolute Gasteiger partial charge is 0.395 e. The van der Waals surface area contributed by atoms with Crippen molar-refractivity contribution in [1.29, 1.82) is 0 Å². The van der Waals surface area contributed by atoms with E-state index in [9.17, 15) is 18.0 Å². The molecule has 8 nitrogen and oxygen atoms in total. The lowest BCUT2D eigenvalue weighted by Gasteiger charge is -2.43. The molecule has 9 heteroatoms. The maximum absolute atomic E-state index is 12.5. The van der Waals surface area contributed by atoms with E-state index in [-0.39, 0.29) is 23.7 Å². The first-order valence-corrected chi connectivity index (χ1v) is 9.88. The van der Waals surface area contributed by atoms with Crippen LogP contribution in [0.1, 0.15) is 22.3 Å². The van der Waals surface area contributed by atoms with E-state index in [1.807, 2.05) is 0 Å². The van der Waals surface area contributed by atoms with Gasteiger partial charge in [0.2, 0.25) is 0 Å². The molecule has 0 spiro atoms. The predicted octanol–water partition coefficient (Wildman–Crippen LogP) is -0.375. The normalized spacial score (nSPS) is 17.4. The Kier molecular flexibility index (Phi) is 6.38. The second-order valence-electron chi connectivity index (χ2n) is 6.20. The van der Waals surface area contributed by atoms with Crippen LogP contribution in [0.25, 0.3) is 0 Å². The summed E-state index contributed by atoms with van der Waals surface area (Å²) in [6, 6.07) is 4.93. The number of aliphatic hydroxyl groups is 1. The molecule has 1 aliphatic heterocycles. The van der Waals surface area contributed by atoms with Crippen molar-refractivity contribution < 1.29 is 28.3 Å². The Morgan fingerprint density at radius 2 is 1.93 bits per heavy atom. The van der Waals surface area contributed by atoms with E-state index in [2.05, 4.69) is 23.7 Å². The molecular formula is C18H20N2O6S. The molecule has 144 valence electrons. The lowest BCUT2D eigenvalue weighted by atomic mass is 9.82.